The number of ether oxygens (including phenoxy) is 2. The summed E-state index contributed by atoms with van der Waals surface area (Å²) in [5.41, 5.74) is 2.37. The van der Waals surface area contributed by atoms with Gasteiger partial charge in [-0.3, -0.25) is 4.79 Å². The Labute approximate surface area is 119 Å². The summed E-state index contributed by atoms with van der Waals surface area (Å²) >= 11 is 0. The maximum absolute atomic E-state index is 12.4. The number of amides is 1. The van der Waals surface area contributed by atoms with Gasteiger partial charge in [-0.25, -0.2) is 0 Å². The van der Waals surface area contributed by atoms with Crippen LogP contribution in [-0.2, 0) is 14.3 Å². The fraction of sp³-hybridized carbons (Fsp3) is 0.562. The van der Waals surface area contributed by atoms with Crippen LogP contribution in [0, 0.1) is 6.92 Å². The summed E-state index contributed by atoms with van der Waals surface area (Å²) in [5.74, 6) is 0.128. The van der Waals surface area contributed by atoms with Crippen molar-refractivity contribution in [1.29, 1.82) is 0 Å². The van der Waals surface area contributed by atoms with E-state index in [1.807, 2.05) is 4.90 Å². The van der Waals surface area contributed by atoms with Crippen molar-refractivity contribution in [2.24, 2.45) is 0 Å². The van der Waals surface area contributed by atoms with Crippen molar-refractivity contribution in [2.75, 3.05) is 26.3 Å². The zero-order valence-electron chi connectivity index (χ0n) is 11.9. The van der Waals surface area contributed by atoms with Crippen LogP contribution >= 0.6 is 0 Å². The van der Waals surface area contributed by atoms with E-state index in [0.717, 1.165) is 18.4 Å². The third-order valence-electron chi connectivity index (χ3n) is 4.03. The normalized spacial score (nSPS) is 26.8. The van der Waals surface area contributed by atoms with Crippen LogP contribution in [0.25, 0.3) is 0 Å². The van der Waals surface area contributed by atoms with Gasteiger partial charge < -0.3 is 14.4 Å². The van der Waals surface area contributed by atoms with Crippen molar-refractivity contribution in [3.05, 3.63) is 35.4 Å². The van der Waals surface area contributed by atoms with Gasteiger partial charge in [0.2, 0.25) is 0 Å². The minimum absolute atomic E-state index is 0.0188. The first-order chi connectivity index (χ1) is 9.74. The van der Waals surface area contributed by atoms with Gasteiger partial charge in [0.1, 0.15) is 12.2 Å². The average Bonchev–Trinajstić information content (AvgIpc) is 3.01. The molecule has 0 aromatic heterocycles. The van der Waals surface area contributed by atoms with Crippen LogP contribution in [0.2, 0.25) is 0 Å². The van der Waals surface area contributed by atoms with E-state index in [4.69, 9.17) is 9.47 Å². The summed E-state index contributed by atoms with van der Waals surface area (Å²) in [4.78, 5) is 14.3. The Hall–Kier alpha value is -1.39. The second kappa shape index (κ2) is 5.94. The average molecular weight is 275 g/mol. The Bertz CT molecular complexity index is 465. The van der Waals surface area contributed by atoms with Crippen molar-refractivity contribution in [2.45, 2.75) is 32.0 Å². The van der Waals surface area contributed by atoms with Crippen molar-refractivity contribution in [3.63, 3.8) is 0 Å². The van der Waals surface area contributed by atoms with Crippen molar-refractivity contribution in [1.82, 2.24) is 4.90 Å². The first-order valence-corrected chi connectivity index (χ1v) is 7.32. The number of hydrogen-bond donors (Lipinski definition) is 0. The zero-order valence-corrected chi connectivity index (χ0v) is 11.9. The summed E-state index contributed by atoms with van der Waals surface area (Å²) in [6.45, 7) is 4.67. The number of rotatable bonds is 2. The summed E-state index contributed by atoms with van der Waals surface area (Å²) < 4.78 is 11.3. The van der Waals surface area contributed by atoms with Gasteiger partial charge in [-0.15, -0.1) is 0 Å². The minimum atomic E-state index is -0.230. The van der Waals surface area contributed by atoms with Crippen molar-refractivity contribution < 1.29 is 14.3 Å². The molecule has 2 fully saturated rings. The summed E-state index contributed by atoms with van der Waals surface area (Å²) in [5, 5.41) is 0. The van der Waals surface area contributed by atoms with Gasteiger partial charge in [0, 0.05) is 13.2 Å². The third-order valence-corrected chi connectivity index (χ3v) is 4.03. The summed E-state index contributed by atoms with van der Waals surface area (Å²) in [7, 11) is 0. The minimum Gasteiger partial charge on any atom is -0.370 e. The number of benzene rings is 1. The predicted molar refractivity (Wildman–Crippen MR) is 75.4 cm³/mol. The molecule has 0 radical (unpaired) electrons. The summed E-state index contributed by atoms with van der Waals surface area (Å²) in [6, 6.07) is 8.33. The van der Waals surface area contributed by atoms with Crippen LogP contribution in [0.3, 0.4) is 0 Å². The molecule has 3 rings (SSSR count). The Morgan fingerprint density at radius 1 is 1.20 bits per heavy atom. The molecule has 2 heterocycles. The van der Waals surface area contributed by atoms with Crippen LogP contribution in [0.4, 0.5) is 0 Å². The second-order valence-corrected chi connectivity index (χ2v) is 5.56. The molecule has 0 spiro atoms. The lowest BCUT2D eigenvalue weighted by Gasteiger charge is -2.34. The maximum atomic E-state index is 12.4. The first-order valence-electron chi connectivity index (χ1n) is 7.32. The first kappa shape index (κ1) is 13.6. The lowest BCUT2D eigenvalue weighted by Crippen LogP contribution is -2.46. The number of carbonyl (C=O) groups excluding carboxylic acids is 1. The molecule has 0 aliphatic carbocycles. The van der Waals surface area contributed by atoms with E-state index in [9.17, 15) is 4.79 Å². The smallest absolute Gasteiger partial charge is 0.251 e. The number of morpholine rings is 1. The van der Waals surface area contributed by atoms with Gasteiger partial charge in [0.05, 0.1) is 13.2 Å². The second-order valence-electron chi connectivity index (χ2n) is 5.56. The highest BCUT2D eigenvalue weighted by Crippen LogP contribution is 2.24. The van der Waals surface area contributed by atoms with E-state index >= 15 is 0 Å². The largest absolute Gasteiger partial charge is 0.370 e. The van der Waals surface area contributed by atoms with E-state index in [1.165, 1.54) is 5.56 Å². The molecular formula is C16H21NO3. The van der Waals surface area contributed by atoms with E-state index in [-0.39, 0.29) is 18.1 Å². The van der Waals surface area contributed by atoms with Crippen molar-refractivity contribution >= 4 is 5.91 Å². The molecule has 1 amide bonds. The SMILES string of the molecule is Cc1ccc([C@H]2CN(C(=O)[C@H]3CCCO3)CCO2)cc1. The number of aryl methyl sites for hydroxylation is 1. The zero-order chi connectivity index (χ0) is 13.9. The molecule has 4 nitrogen and oxygen atoms in total. The molecule has 1 aromatic rings. The Kier molecular flexibility index (Phi) is 4.03. The molecule has 1 aromatic carbocycles. The van der Waals surface area contributed by atoms with Gasteiger partial charge >= 0.3 is 0 Å². The lowest BCUT2D eigenvalue weighted by molar-refractivity contribution is -0.148. The highest BCUT2D eigenvalue weighted by atomic mass is 16.5. The van der Waals surface area contributed by atoms with Crippen molar-refractivity contribution in [3.8, 4) is 0 Å². The fourth-order valence-electron chi connectivity index (χ4n) is 2.81. The Morgan fingerprint density at radius 3 is 2.70 bits per heavy atom. The molecule has 0 saturated carbocycles. The van der Waals surface area contributed by atoms with Gasteiger partial charge in [-0.2, -0.15) is 0 Å². The highest BCUT2D eigenvalue weighted by Gasteiger charge is 2.32. The highest BCUT2D eigenvalue weighted by molar-refractivity contribution is 5.81. The van der Waals surface area contributed by atoms with E-state index in [1.54, 1.807) is 0 Å². The van der Waals surface area contributed by atoms with Crippen LogP contribution < -0.4 is 0 Å². The molecule has 20 heavy (non-hydrogen) atoms. The van der Waals surface area contributed by atoms with Gasteiger partial charge in [-0.05, 0) is 25.3 Å². The Balaban J connectivity index is 1.66. The third kappa shape index (κ3) is 2.86. The quantitative estimate of drug-likeness (QED) is 0.829. The van der Waals surface area contributed by atoms with Gasteiger partial charge in [0.25, 0.3) is 5.91 Å². The maximum Gasteiger partial charge on any atom is 0.251 e. The topological polar surface area (TPSA) is 38.8 Å². The van der Waals surface area contributed by atoms with E-state index < -0.39 is 0 Å². The van der Waals surface area contributed by atoms with Crippen LogP contribution in [0.5, 0.6) is 0 Å². The van der Waals surface area contributed by atoms with Crippen LogP contribution in [-0.4, -0.2) is 43.2 Å². The monoisotopic (exact) mass is 275 g/mol. The number of nitrogens with zero attached hydrogens (tertiary/aromatic N) is 1. The van der Waals surface area contributed by atoms with E-state index in [2.05, 4.69) is 31.2 Å². The van der Waals surface area contributed by atoms with Gasteiger partial charge in [0.15, 0.2) is 0 Å². The molecule has 2 aliphatic rings. The Morgan fingerprint density at radius 2 is 2.00 bits per heavy atom. The standard InChI is InChI=1S/C16H21NO3/c1-12-4-6-13(7-5-12)15-11-17(8-10-20-15)16(18)14-3-2-9-19-14/h4-7,14-15H,2-3,8-11H2,1H3/t14-,15-/m1/s1. The van der Waals surface area contributed by atoms with E-state index in [0.29, 0.717) is 26.3 Å². The molecule has 0 N–H and O–H groups in total. The predicted octanol–water partition coefficient (Wildman–Crippen LogP) is 2.07. The molecule has 2 aliphatic heterocycles. The molecular weight excluding hydrogens is 254 g/mol. The lowest BCUT2D eigenvalue weighted by atomic mass is 10.1. The molecule has 4 heteroatoms. The molecule has 2 saturated heterocycles. The number of carbonyl (C=O) groups is 1. The van der Waals surface area contributed by atoms with Gasteiger partial charge in [-0.1, -0.05) is 29.8 Å². The fourth-order valence-corrected chi connectivity index (χ4v) is 2.81. The molecule has 108 valence electrons. The van der Waals surface area contributed by atoms with Crippen LogP contribution in [0.15, 0.2) is 24.3 Å². The molecule has 0 unspecified atom stereocenters. The summed E-state index contributed by atoms with van der Waals surface area (Å²) in [6.07, 6.45) is 1.59. The molecule has 0 bridgehead atoms. The molecule has 2 atom stereocenters. The van der Waals surface area contributed by atoms with Crippen LogP contribution in [0.1, 0.15) is 30.1 Å². The number of hydrogen-bond acceptors (Lipinski definition) is 3.